The molecule has 0 saturated carbocycles. The average Bonchev–Trinajstić information content (AvgIpc) is 3.01. The van der Waals surface area contributed by atoms with Crippen molar-refractivity contribution in [3.05, 3.63) is 63.0 Å². The zero-order valence-electron chi connectivity index (χ0n) is 15.2. The van der Waals surface area contributed by atoms with Crippen LogP contribution in [0.25, 0.3) is 10.2 Å². The molecule has 0 spiro atoms. The molecule has 0 unspecified atom stereocenters. The molecule has 0 radical (unpaired) electrons. The normalized spacial score (nSPS) is 12.0. The van der Waals surface area contributed by atoms with Crippen molar-refractivity contribution in [2.45, 2.75) is 26.4 Å². The minimum atomic E-state index is -0.783. The third-order valence-corrected chi connectivity index (χ3v) is 5.42. The number of aryl methyl sites for hydroxylation is 1. The molecule has 0 aliphatic rings. The first-order chi connectivity index (χ1) is 12.9. The minimum absolute atomic E-state index is 0.197. The second-order valence-corrected chi connectivity index (χ2v) is 7.12. The molecule has 3 aromatic rings. The standard InChI is InChI=1S/C19H19N3O4S/c1-11-14-17(27-15(11)16(23)21-12(2)19(25)26-3)20-10-22(18(14)24)9-13-7-5-4-6-8-13/h4-8,10,12H,9H2,1-3H3,(H,21,23)/t12-/m0/s1. The zero-order chi connectivity index (χ0) is 19.6. The van der Waals surface area contributed by atoms with Crippen LogP contribution in [0.15, 0.2) is 41.5 Å². The zero-order valence-corrected chi connectivity index (χ0v) is 16.0. The Bertz CT molecular complexity index is 1060. The van der Waals surface area contributed by atoms with E-state index in [1.165, 1.54) is 24.9 Å². The first-order valence-corrected chi connectivity index (χ1v) is 9.15. The van der Waals surface area contributed by atoms with Gasteiger partial charge in [-0.3, -0.25) is 14.2 Å². The highest BCUT2D eigenvalue weighted by Crippen LogP contribution is 2.26. The van der Waals surface area contributed by atoms with Crippen molar-refractivity contribution in [1.29, 1.82) is 0 Å². The lowest BCUT2D eigenvalue weighted by Gasteiger charge is -2.10. The number of fused-ring (bicyclic) bond motifs is 1. The van der Waals surface area contributed by atoms with Gasteiger partial charge in [-0.2, -0.15) is 0 Å². The summed E-state index contributed by atoms with van der Waals surface area (Å²) in [6.07, 6.45) is 1.49. The van der Waals surface area contributed by atoms with Crippen molar-refractivity contribution in [1.82, 2.24) is 14.9 Å². The Balaban J connectivity index is 1.95. The molecule has 0 fully saturated rings. The fraction of sp³-hybridized carbons (Fsp3) is 0.263. The van der Waals surface area contributed by atoms with Crippen molar-refractivity contribution in [3.8, 4) is 0 Å². The number of hydrogen-bond acceptors (Lipinski definition) is 6. The number of carbonyl (C=O) groups excluding carboxylic acids is 2. The number of nitrogens with zero attached hydrogens (tertiary/aromatic N) is 2. The number of methoxy groups -OCH3 is 1. The molecule has 8 heteroatoms. The molecule has 1 amide bonds. The number of rotatable bonds is 5. The quantitative estimate of drug-likeness (QED) is 0.680. The van der Waals surface area contributed by atoms with Crippen molar-refractivity contribution >= 4 is 33.4 Å². The van der Waals surface area contributed by atoms with Gasteiger partial charge in [0.1, 0.15) is 10.9 Å². The monoisotopic (exact) mass is 385 g/mol. The lowest BCUT2D eigenvalue weighted by atomic mass is 10.2. The van der Waals surface area contributed by atoms with E-state index in [4.69, 9.17) is 0 Å². The van der Waals surface area contributed by atoms with Gasteiger partial charge in [-0.15, -0.1) is 11.3 Å². The van der Waals surface area contributed by atoms with E-state index in [2.05, 4.69) is 15.0 Å². The van der Waals surface area contributed by atoms with Crippen molar-refractivity contribution in [2.24, 2.45) is 0 Å². The summed E-state index contributed by atoms with van der Waals surface area (Å²) in [6.45, 7) is 3.66. The van der Waals surface area contributed by atoms with Crippen molar-refractivity contribution < 1.29 is 14.3 Å². The van der Waals surface area contributed by atoms with Gasteiger partial charge < -0.3 is 10.1 Å². The van der Waals surface area contributed by atoms with E-state index < -0.39 is 17.9 Å². The summed E-state index contributed by atoms with van der Waals surface area (Å²) in [5, 5.41) is 3.01. The van der Waals surface area contributed by atoms with E-state index in [-0.39, 0.29) is 5.56 Å². The smallest absolute Gasteiger partial charge is 0.328 e. The highest BCUT2D eigenvalue weighted by Gasteiger charge is 2.23. The first kappa shape index (κ1) is 18.8. The summed E-state index contributed by atoms with van der Waals surface area (Å²) >= 11 is 1.13. The number of carbonyl (C=O) groups is 2. The molecule has 0 aliphatic heterocycles. The summed E-state index contributed by atoms with van der Waals surface area (Å²) in [5.41, 5.74) is 1.35. The summed E-state index contributed by atoms with van der Waals surface area (Å²) < 4.78 is 6.14. The molecule has 2 heterocycles. The van der Waals surface area contributed by atoms with Crippen LogP contribution < -0.4 is 10.9 Å². The fourth-order valence-electron chi connectivity index (χ4n) is 2.77. The first-order valence-electron chi connectivity index (χ1n) is 8.33. The van der Waals surface area contributed by atoms with E-state index >= 15 is 0 Å². The molecule has 1 N–H and O–H groups in total. The Morgan fingerprint density at radius 2 is 2.00 bits per heavy atom. The number of amides is 1. The Kier molecular flexibility index (Phi) is 5.36. The predicted molar refractivity (Wildman–Crippen MR) is 103 cm³/mol. The molecule has 0 bridgehead atoms. The van der Waals surface area contributed by atoms with E-state index in [0.29, 0.717) is 27.2 Å². The molecule has 27 heavy (non-hydrogen) atoms. The van der Waals surface area contributed by atoms with Crippen LogP contribution in [0.3, 0.4) is 0 Å². The van der Waals surface area contributed by atoms with Gasteiger partial charge >= 0.3 is 5.97 Å². The van der Waals surface area contributed by atoms with Gasteiger partial charge in [0.2, 0.25) is 0 Å². The fourth-order valence-corrected chi connectivity index (χ4v) is 3.81. The second kappa shape index (κ2) is 7.71. The number of thiophene rings is 1. The molecule has 1 atom stereocenters. The van der Waals surface area contributed by atoms with Crippen LogP contribution in [0.5, 0.6) is 0 Å². The van der Waals surface area contributed by atoms with Crippen LogP contribution in [0, 0.1) is 6.92 Å². The Morgan fingerprint density at radius 3 is 2.67 bits per heavy atom. The predicted octanol–water partition coefficient (Wildman–Crippen LogP) is 2.11. The third kappa shape index (κ3) is 3.75. The van der Waals surface area contributed by atoms with Gasteiger partial charge in [-0.25, -0.2) is 9.78 Å². The SMILES string of the molecule is COC(=O)[C@H](C)NC(=O)c1sc2ncn(Cc3ccccc3)c(=O)c2c1C. The van der Waals surface area contributed by atoms with Gasteiger partial charge in [-0.1, -0.05) is 30.3 Å². The van der Waals surface area contributed by atoms with Crippen molar-refractivity contribution in [3.63, 3.8) is 0 Å². The summed E-state index contributed by atoms with van der Waals surface area (Å²) in [6, 6.07) is 8.82. The molecule has 3 rings (SSSR count). The number of nitrogens with one attached hydrogen (secondary N) is 1. The maximum absolute atomic E-state index is 12.9. The number of aromatic nitrogens is 2. The lowest BCUT2D eigenvalue weighted by Crippen LogP contribution is -2.39. The van der Waals surface area contributed by atoms with E-state index in [1.807, 2.05) is 30.3 Å². The highest BCUT2D eigenvalue weighted by molar-refractivity contribution is 7.20. The summed E-state index contributed by atoms with van der Waals surface area (Å²) in [4.78, 5) is 42.1. The Morgan fingerprint density at radius 1 is 1.30 bits per heavy atom. The maximum atomic E-state index is 12.9. The van der Waals surface area contributed by atoms with Gasteiger partial charge in [0.15, 0.2) is 0 Å². The topological polar surface area (TPSA) is 90.3 Å². The Hall–Kier alpha value is -3.00. The van der Waals surface area contributed by atoms with Crippen LogP contribution in [0.4, 0.5) is 0 Å². The number of esters is 1. The summed E-state index contributed by atoms with van der Waals surface area (Å²) in [7, 11) is 1.26. The van der Waals surface area contributed by atoms with Crippen LogP contribution >= 0.6 is 11.3 Å². The highest BCUT2D eigenvalue weighted by atomic mass is 32.1. The second-order valence-electron chi connectivity index (χ2n) is 6.12. The number of benzene rings is 1. The minimum Gasteiger partial charge on any atom is -0.467 e. The van der Waals surface area contributed by atoms with Crippen molar-refractivity contribution in [2.75, 3.05) is 7.11 Å². The van der Waals surface area contributed by atoms with E-state index in [9.17, 15) is 14.4 Å². The molecule has 1 aromatic carbocycles. The summed E-state index contributed by atoms with van der Waals surface area (Å²) in [5.74, 6) is -0.965. The van der Waals surface area contributed by atoms with Gasteiger partial charge in [0.05, 0.1) is 30.2 Å². The van der Waals surface area contributed by atoms with E-state index in [1.54, 1.807) is 6.92 Å². The number of ether oxygens (including phenoxy) is 1. The van der Waals surface area contributed by atoms with Crippen LogP contribution in [0.2, 0.25) is 0 Å². The molecular weight excluding hydrogens is 366 g/mol. The molecule has 0 saturated heterocycles. The van der Waals surface area contributed by atoms with Crippen LogP contribution in [-0.4, -0.2) is 34.6 Å². The molecular formula is C19H19N3O4S. The molecule has 7 nitrogen and oxygen atoms in total. The number of hydrogen-bond donors (Lipinski definition) is 1. The van der Waals surface area contributed by atoms with E-state index in [0.717, 1.165) is 16.9 Å². The largest absolute Gasteiger partial charge is 0.467 e. The van der Waals surface area contributed by atoms with Gasteiger partial charge in [0.25, 0.3) is 11.5 Å². The average molecular weight is 385 g/mol. The molecule has 140 valence electrons. The molecule has 2 aromatic heterocycles. The van der Waals surface area contributed by atoms with Crippen LogP contribution in [-0.2, 0) is 16.1 Å². The Labute approximate surface area is 159 Å². The maximum Gasteiger partial charge on any atom is 0.328 e. The third-order valence-electron chi connectivity index (χ3n) is 4.22. The van der Waals surface area contributed by atoms with Crippen LogP contribution in [0.1, 0.15) is 27.7 Å². The lowest BCUT2D eigenvalue weighted by molar-refractivity contribution is -0.142. The molecule has 0 aliphatic carbocycles. The van der Waals surface area contributed by atoms with Gasteiger partial charge in [-0.05, 0) is 25.0 Å². The van der Waals surface area contributed by atoms with Gasteiger partial charge in [0, 0.05) is 0 Å².